The fourth-order valence-electron chi connectivity index (χ4n) is 0.809. The number of aliphatic hydroxyl groups excluding tert-OH is 1. The Kier molecular flexibility index (Phi) is 3.86. The van der Waals surface area contributed by atoms with E-state index in [-0.39, 0.29) is 12.2 Å². The Morgan fingerprint density at radius 2 is 1.90 bits per heavy atom. The van der Waals surface area contributed by atoms with E-state index in [0.717, 1.165) is 0 Å². The predicted molar refractivity (Wildman–Crippen MR) is 40.6 cm³/mol. The van der Waals surface area contributed by atoms with Crippen molar-refractivity contribution >= 4 is 0 Å². The van der Waals surface area contributed by atoms with Crippen molar-refractivity contribution in [3.63, 3.8) is 0 Å². The molecular weight excluding hydrogens is 130 g/mol. The highest BCUT2D eigenvalue weighted by atomic mass is 16.7. The van der Waals surface area contributed by atoms with Gasteiger partial charge >= 0.3 is 0 Å². The van der Waals surface area contributed by atoms with Crippen LogP contribution >= 0.6 is 0 Å². The molecule has 0 aliphatic rings. The lowest BCUT2D eigenvalue weighted by molar-refractivity contribution is -0.210. The summed E-state index contributed by atoms with van der Waals surface area (Å²) in [5.41, 5.74) is -0.252. The molecule has 0 rings (SSSR count). The number of rotatable bonds is 4. The van der Waals surface area contributed by atoms with E-state index in [1.807, 2.05) is 27.9 Å². The van der Waals surface area contributed by atoms with Crippen LogP contribution in [0.5, 0.6) is 0 Å². The summed E-state index contributed by atoms with van der Waals surface area (Å²) < 4.78 is 0. The Morgan fingerprint density at radius 3 is 2.20 bits per heavy atom. The second kappa shape index (κ2) is 3.91. The van der Waals surface area contributed by atoms with E-state index in [2.05, 4.69) is 0 Å². The zero-order valence-corrected chi connectivity index (χ0v) is 7.22. The van der Waals surface area contributed by atoms with Crippen LogP contribution < -0.4 is 0 Å². The average molecular weight is 147 g/mol. The van der Waals surface area contributed by atoms with Crippen LogP contribution in [0.2, 0.25) is 0 Å². The highest BCUT2D eigenvalue weighted by Crippen LogP contribution is 2.13. The Hall–Kier alpha value is -0.120. The third-order valence-corrected chi connectivity index (χ3v) is 1.14. The molecule has 0 amide bonds. The fraction of sp³-hybridized carbons (Fsp3) is 1.00. The van der Waals surface area contributed by atoms with Crippen LogP contribution in [0.15, 0.2) is 0 Å². The SMILES string of the molecule is CN(C)OC(C)(C)CCO. The molecule has 0 aliphatic heterocycles. The summed E-state index contributed by atoms with van der Waals surface area (Å²) >= 11 is 0. The van der Waals surface area contributed by atoms with Crippen molar-refractivity contribution in [2.45, 2.75) is 25.9 Å². The molecule has 0 spiro atoms. The van der Waals surface area contributed by atoms with Crippen LogP contribution in [0.3, 0.4) is 0 Å². The Morgan fingerprint density at radius 1 is 1.40 bits per heavy atom. The zero-order valence-electron chi connectivity index (χ0n) is 7.22. The number of hydroxylamine groups is 2. The van der Waals surface area contributed by atoms with E-state index in [1.165, 1.54) is 0 Å². The van der Waals surface area contributed by atoms with Crippen molar-refractivity contribution in [1.82, 2.24) is 5.06 Å². The van der Waals surface area contributed by atoms with E-state index in [0.29, 0.717) is 6.42 Å². The highest BCUT2D eigenvalue weighted by molar-refractivity contribution is 4.65. The standard InChI is InChI=1S/C7H17NO2/c1-7(2,5-6-9)10-8(3)4/h9H,5-6H2,1-4H3. The molecule has 0 saturated carbocycles. The van der Waals surface area contributed by atoms with Crippen molar-refractivity contribution in [2.24, 2.45) is 0 Å². The maximum Gasteiger partial charge on any atom is 0.0865 e. The molecule has 0 radical (unpaired) electrons. The van der Waals surface area contributed by atoms with Gasteiger partial charge in [-0.25, -0.2) is 0 Å². The van der Waals surface area contributed by atoms with Gasteiger partial charge in [-0.05, 0) is 13.8 Å². The van der Waals surface area contributed by atoms with E-state index >= 15 is 0 Å². The molecule has 3 heteroatoms. The Balaban J connectivity index is 3.63. The van der Waals surface area contributed by atoms with Crippen LogP contribution in [0, 0.1) is 0 Å². The van der Waals surface area contributed by atoms with Crippen LogP contribution in [0.1, 0.15) is 20.3 Å². The molecule has 0 aromatic rings. The number of hydrogen-bond donors (Lipinski definition) is 1. The van der Waals surface area contributed by atoms with Crippen LogP contribution in [0.25, 0.3) is 0 Å². The predicted octanol–water partition coefficient (Wildman–Crippen LogP) is 0.641. The summed E-state index contributed by atoms with van der Waals surface area (Å²) in [7, 11) is 3.66. The average Bonchev–Trinajstić information content (AvgIpc) is 1.59. The maximum absolute atomic E-state index is 8.62. The highest BCUT2D eigenvalue weighted by Gasteiger charge is 2.18. The van der Waals surface area contributed by atoms with Crippen LogP contribution in [0.4, 0.5) is 0 Å². The molecule has 0 fully saturated rings. The number of aliphatic hydroxyl groups is 1. The molecule has 1 N–H and O–H groups in total. The van der Waals surface area contributed by atoms with Crippen LogP contribution in [-0.2, 0) is 4.84 Å². The first-order valence-electron chi connectivity index (χ1n) is 3.45. The first kappa shape index (κ1) is 9.88. The van der Waals surface area contributed by atoms with Crippen molar-refractivity contribution in [3.05, 3.63) is 0 Å². The lowest BCUT2D eigenvalue weighted by atomic mass is 10.1. The minimum absolute atomic E-state index is 0.167. The van der Waals surface area contributed by atoms with E-state index in [9.17, 15) is 0 Å². The molecular formula is C7H17NO2. The summed E-state index contributed by atoms with van der Waals surface area (Å²) in [6, 6.07) is 0. The summed E-state index contributed by atoms with van der Waals surface area (Å²) in [5.74, 6) is 0. The van der Waals surface area contributed by atoms with Gasteiger partial charge in [0.25, 0.3) is 0 Å². The van der Waals surface area contributed by atoms with Gasteiger partial charge in [-0.15, -0.1) is 0 Å². The van der Waals surface area contributed by atoms with Crippen LogP contribution in [-0.4, -0.2) is 36.5 Å². The first-order valence-corrected chi connectivity index (χ1v) is 3.45. The van der Waals surface area contributed by atoms with Gasteiger partial charge in [0.2, 0.25) is 0 Å². The molecule has 0 atom stereocenters. The minimum Gasteiger partial charge on any atom is -0.396 e. The van der Waals surface area contributed by atoms with E-state index in [1.54, 1.807) is 5.06 Å². The smallest absolute Gasteiger partial charge is 0.0865 e. The summed E-state index contributed by atoms with van der Waals surface area (Å²) in [5, 5.41) is 10.3. The second-order valence-corrected chi connectivity index (χ2v) is 3.14. The fourth-order valence-corrected chi connectivity index (χ4v) is 0.809. The Bertz CT molecular complexity index is 91.6. The Labute approximate surface area is 62.6 Å². The second-order valence-electron chi connectivity index (χ2n) is 3.14. The van der Waals surface area contributed by atoms with Gasteiger partial charge in [0.1, 0.15) is 0 Å². The lowest BCUT2D eigenvalue weighted by Gasteiger charge is -2.27. The summed E-state index contributed by atoms with van der Waals surface area (Å²) in [4.78, 5) is 5.35. The van der Waals surface area contributed by atoms with Gasteiger partial charge in [0.05, 0.1) is 5.60 Å². The van der Waals surface area contributed by atoms with Crippen molar-refractivity contribution in [3.8, 4) is 0 Å². The van der Waals surface area contributed by atoms with Gasteiger partial charge in [-0.1, -0.05) is 0 Å². The summed E-state index contributed by atoms with van der Waals surface area (Å²) in [6.45, 7) is 4.06. The van der Waals surface area contributed by atoms with Gasteiger partial charge in [-0.3, -0.25) is 4.84 Å². The monoisotopic (exact) mass is 147 g/mol. The first-order chi connectivity index (χ1) is 4.48. The number of hydrogen-bond acceptors (Lipinski definition) is 3. The quantitative estimate of drug-likeness (QED) is 0.592. The van der Waals surface area contributed by atoms with E-state index < -0.39 is 0 Å². The molecule has 0 saturated heterocycles. The van der Waals surface area contributed by atoms with Gasteiger partial charge in [-0.2, -0.15) is 5.06 Å². The molecule has 0 aromatic carbocycles. The maximum atomic E-state index is 8.62. The normalized spacial score (nSPS) is 12.6. The molecule has 0 aromatic heterocycles. The third kappa shape index (κ3) is 4.73. The topological polar surface area (TPSA) is 32.7 Å². The van der Waals surface area contributed by atoms with Crippen molar-refractivity contribution in [1.29, 1.82) is 0 Å². The summed E-state index contributed by atoms with van der Waals surface area (Å²) in [6.07, 6.45) is 0.658. The third-order valence-electron chi connectivity index (χ3n) is 1.14. The largest absolute Gasteiger partial charge is 0.396 e. The number of nitrogens with zero attached hydrogens (tertiary/aromatic N) is 1. The molecule has 0 bridgehead atoms. The van der Waals surface area contributed by atoms with Crippen molar-refractivity contribution in [2.75, 3.05) is 20.7 Å². The lowest BCUT2D eigenvalue weighted by Crippen LogP contribution is -2.32. The molecule has 0 heterocycles. The molecule has 10 heavy (non-hydrogen) atoms. The molecule has 0 unspecified atom stereocenters. The van der Waals surface area contributed by atoms with E-state index in [4.69, 9.17) is 9.94 Å². The molecule has 0 aliphatic carbocycles. The zero-order chi connectivity index (χ0) is 8.20. The molecule has 3 nitrogen and oxygen atoms in total. The molecule has 62 valence electrons. The van der Waals surface area contributed by atoms with Crippen molar-refractivity contribution < 1.29 is 9.94 Å². The van der Waals surface area contributed by atoms with Gasteiger partial charge in [0.15, 0.2) is 0 Å². The van der Waals surface area contributed by atoms with Gasteiger partial charge in [0, 0.05) is 27.1 Å². The van der Waals surface area contributed by atoms with Gasteiger partial charge < -0.3 is 5.11 Å². The minimum atomic E-state index is -0.252.